The molecule has 2 heterocycles. The molecule has 1 aliphatic heterocycles. The molecule has 0 fully saturated rings. The van der Waals surface area contributed by atoms with Crippen molar-refractivity contribution in [3.63, 3.8) is 0 Å². The number of Topliss-reactive ketones (excluding diaryl/α,β-unsaturated/α-hetero) is 1. The van der Waals surface area contributed by atoms with E-state index in [0.717, 1.165) is 5.56 Å². The normalized spacial score (nSPS) is 17.4. The minimum Gasteiger partial charge on any atom is -0.503 e. The number of hydrogen-bond acceptors (Lipinski definition) is 4. The number of aliphatic hydroxyl groups is 1. The molecule has 7 heteroatoms. The molecule has 130 valence electrons. The Hall–Kier alpha value is -2.60. The van der Waals surface area contributed by atoms with E-state index in [0.29, 0.717) is 24.5 Å². The molecule has 0 spiro atoms. The minimum atomic E-state index is -0.593. The lowest BCUT2D eigenvalue weighted by atomic mass is 9.97. The largest absolute Gasteiger partial charge is 0.503 e. The van der Waals surface area contributed by atoms with Crippen molar-refractivity contribution < 1.29 is 14.7 Å². The Balaban J connectivity index is 1.85. The molecule has 1 N–H and O–H groups in total. The molecule has 0 aliphatic carbocycles. The number of aromatic nitrogens is 2. The van der Waals surface area contributed by atoms with Crippen LogP contribution in [0.1, 0.15) is 24.9 Å². The molecule has 0 saturated carbocycles. The number of rotatable bonds is 6. The molecule has 1 aromatic heterocycles. The van der Waals surface area contributed by atoms with Crippen LogP contribution in [-0.2, 0) is 16.1 Å². The van der Waals surface area contributed by atoms with Gasteiger partial charge >= 0.3 is 0 Å². The molecule has 25 heavy (non-hydrogen) atoms. The van der Waals surface area contributed by atoms with Crippen LogP contribution in [0.15, 0.2) is 54.3 Å². The van der Waals surface area contributed by atoms with Crippen LogP contribution in [0.2, 0.25) is 5.02 Å². The maximum atomic E-state index is 12.5. The van der Waals surface area contributed by atoms with E-state index >= 15 is 0 Å². The van der Waals surface area contributed by atoms with Gasteiger partial charge in [0.25, 0.3) is 5.91 Å². The Morgan fingerprint density at radius 3 is 2.60 bits per heavy atom. The summed E-state index contributed by atoms with van der Waals surface area (Å²) in [6.45, 7) is 2.45. The summed E-state index contributed by atoms with van der Waals surface area (Å²) >= 11 is 5.93. The van der Waals surface area contributed by atoms with Gasteiger partial charge in [0.15, 0.2) is 11.5 Å². The van der Waals surface area contributed by atoms with Crippen molar-refractivity contribution >= 4 is 23.3 Å². The van der Waals surface area contributed by atoms with Crippen LogP contribution in [0, 0.1) is 0 Å². The zero-order chi connectivity index (χ0) is 18.0. The number of carbonyl (C=O) groups is 2. The monoisotopic (exact) mass is 359 g/mol. The highest BCUT2D eigenvalue weighted by atomic mass is 35.5. The van der Waals surface area contributed by atoms with Crippen LogP contribution >= 0.6 is 11.6 Å². The molecule has 1 atom stereocenters. The van der Waals surface area contributed by atoms with Gasteiger partial charge in [0, 0.05) is 30.5 Å². The summed E-state index contributed by atoms with van der Waals surface area (Å²) in [6.07, 6.45) is 5.92. The molecule has 1 aromatic carbocycles. The number of aliphatic hydroxyl groups excluding tert-OH is 1. The third kappa shape index (κ3) is 3.44. The van der Waals surface area contributed by atoms with E-state index in [4.69, 9.17) is 11.6 Å². The Kier molecular flexibility index (Phi) is 4.90. The van der Waals surface area contributed by atoms with Gasteiger partial charge in [-0.1, -0.05) is 23.7 Å². The summed E-state index contributed by atoms with van der Waals surface area (Å²) in [7, 11) is 0. The molecule has 0 unspecified atom stereocenters. The standard InChI is InChI=1S/C18H18ClN3O3/c1-12(23)15-16(13-3-5-14(19)6-4-13)22(18(25)17(15)24)9-2-8-21-10-7-20-11-21/h3-7,10-11,16,24H,2,8-9H2,1H3/t16-/m0/s1. The second-order valence-electron chi connectivity index (χ2n) is 5.93. The number of nitrogens with zero attached hydrogens (tertiary/aromatic N) is 3. The average molecular weight is 360 g/mol. The summed E-state index contributed by atoms with van der Waals surface area (Å²) < 4.78 is 1.91. The Labute approximate surface area is 150 Å². The van der Waals surface area contributed by atoms with Gasteiger partial charge in [0.05, 0.1) is 17.9 Å². The molecule has 6 nitrogen and oxygen atoms in total. The fourth-order valence-corrected chi connectivity index (χ4v) is 3.20. The summed E-state index contributed by atoms with van der Waals surface area (Å²) in [5, 5.41) is 10.8. The number of hydrogen-bond donors (Lipinski definition) is 1. The van der Waals surface area contributed by atoms with Gasteiger partial charge in [0.2, 0.25) is 0 Å². The topological polar surface area (TPSA) is 75.4 Å². The second kappa shape index (κ2) is 7.11. The highest BCUT2D eigenvalue weighted by molar-refractivity contribution is 6.30. The quantitative estimate of drug-likeness (QED) is 0.860. The third-order valence-corrected chi connectivity index (χ3v) is 4.50. The number of ketones is 1. The van der Waals surface area contributed by atoms with Gasteiger partial charge in [-0.2, -0.15) is 0 Å². The van der Waals surface area contributed by atoms with Crippen LogP contribution in [0.25, 0.3) is 0 Å². The van der Waals surface area contributed by atoms with E-state index < -0.39 is 17.7 Å². The van der Waals surface area contributed by atoms with Crippen LogP contribution in [0.4, 0.5) is 0 Å². The van der Waals surface area contributed by atoms with Crippen LogP contribution in [-0.4, -0.2) is 37.8 Å². The molecule has 0 bridgehead atoms. The molecule has 0 saturated heterocycles. The van der Waals surface area contributed by atoms with Crippen molar-refractivity contribution in [2.24, 2.45) is 0 Å². The van der Waals surface area contributed by atoms with E-state index in [1.165, 1.54) is 11.8 Å². The van der Waals surface area contributed by atoms with Gasteiger partial charge < -0.3 is 14.6 Å². The lowest BCUT2D eigenvalue weighted by molar-refractivity contribution is -0.129. The second-order valence-corrected chi connectivity index (χ2v) is 6.36. The van der Waals surface area contributed by atoms with E-state index in [-0.39, 0.29) is 11.4 Å². The number of amides is 1. The van der Waals surface area contributed by atoms with Gasteiger partial charge in [-0.05, 0) is 31.0 Å². The Bertz CT molecular complexity index is 813. The van der Waals surface area contributed by atoms with Gasteiger partial charge in [-0.3, -0.25) is 9.59 Å². The SMILES string of the molecule is CC(=O)C1=C(O)C(=O)N(CCCn2ccnc2)[C@H]1c1ccc(Cl)cc1. The minimum absolute atomic E-state index is 0.134. The molecular formula is C18H18ClN3O3. The summed E-state index contributed by atoms with van der Waals surface area (Å²) in [4.78, 5) is 30.0. The Morgan fingerprint density at radius 1 is 1.28 bits per heavy atom. The Morgan fingerprint density at radius 2 is 2.00 bits per heavy atom. The van der Waals surface area contributed by atoms with E-state index in [2.05, 4.69) is 4.98 Å². The van der Waals surface area contributed by atoms with Crippen LogP contribution in [0.5, 0.6) is 0 Å². The molecule has 1 amide bonds. The van der Waals surface area contributed by atoms with Crippen LogP contribution < -0.4 is 0 Å². The smallest absolute Gasteiger partial charge is 0.290 e. The highest BCUT2D eigenvalue weighted by Gasteiger charge is 2.41. The first-order valence-corrected chi connectivity index (χ1v) is 8.33. The van der Waals surface area contributed by atoms with Crippen molar-refractivity contribution in [1.82, 2.24) is 14.5 Å². The predicted octanol–water partition coefficient (Wildman–Crippen LogP) is 2.91. The van der Waals surface area contributed by atoms with E-state index in [1.807, 2.05) is 10.8 Å². The number of benzene rings is 1. The number of aryl methyl sites for hydroxylation is 1. The first kappa shape index (κ1) is 17.2. The zero-order valence-electron chi connectivity index (χ0n) is 13.7. The van der Waals surface area contributed by atoms with Crippen molar-refractivity contribution in [2.75, 3.05) is 6.54 Å². The van der Waals surface area contributed by atoms with Gasteiger partial charge in [0.1, 0.15) is 0 Å². The third-order valence-electron chi connectivity index (χ3n) is 4.24. The molecule has 3 rings (SSSR count). The highest BCUT2D eigenvalue weighted by Crippen LogP contribution is 2.38. The number of halogens is 1. The van der Waals surface area contributed by atoms with Crippen molar-refractivity contribution in [1.29, 1.82) is 0 Å². The summed E-state index contributed by atoms with van der Waals surface area (Å²) in [6, 6.07) is 6.36. The first-order chi connectivity index (χ1) is 12.0. The molecule has 0 radical (unpaired) electrons. The van der Waals surface area contributed by atoms with Crippen molar-refractivity contribution in [2.45, 2.75) is 25.9 Å². The average Bonchev–Trinajstić information content (AvgIpc) is 3.17. The number of carbonyl (C=O) groups excluding carboxylic acids is 2. The van der Waals surface area contributed by atoms with Gasteiger partial charge in [-0.15, -0.1) is 0 Å². The molecular weight excluding hydrogens is 342 g/mol. The lowest BCUT2D eigenvalue weighted by Gasteiger charge is -2.26. The maximum Gasteiger partial charge on any atom is 0.290 e. The molecule has 1 aliphatic rings. The lowest BCUT2D eigenvalue weighted by Crippen LogP contribution is -2.32. The zero-order valence-corrected chi connectivity index (χ0v) is 14.5. The fourth-order valence-electron chi connectivity index (χ4n) is 3.08. The fraction of sp³-hybridized carbons (Fsp3) is 0.278. The van der Waals surface area contributed by atoms with Gasteiger partial charge in [-0.25, -0.2) is 4.98 Å². The van der Waals surface area contributed by atoms with Crippen molar-refractivity contribution in [3.8, 4) is 0 Å². The van der Waals surface area contributed by atoms with Crippen molar-refractivity contribution in [3.05, 3.63) is 64.9 Å². The molecule has 2 aromatic rings. The van der Waals surface area contributed by atoms with E-state index in [9.17, 15) is 14.7 Å². The summed E-state index contributed by atoms with van der Waals surface area (Å²) in [5.74, 6) is -1.30. The van der Waals surface area contributed by atoms with E-state index in [1.54, 1.807) is 36.8 Å². The summed E-state index contributed by atoms with van der Waals surface area (Å²) in [5.41, 5.74) is 0.879. The predicted molar refractivity (Wildman–Crippen MR) is 93.1 cm³/mol. The van der Waals surface area contributed by atoms with Crippen LogP contribution in [0.3, 0.4) is 0 Å². The maximum absolute atomic E-state index is 12.5. The number of imidazole rings is 1. The first-order valence-electron chi connectivity index (χ1n) is 7.95.